The van der Waals surface area contributed by atoms with Crippen LogP contribution in [0.4, 0.5) is 10.1 Å². The molecule has 1 N–H and O–H groups in total. The molecular weight excluding hydrogens is 415 g/mol. The van der Waals surface area contributed by atoms with Crippen molar-refractivity contribution < 1.29 is 18.7 Å². The normalized spacial score (nSPS) is 11.5. The predicted molar refractivity (Wildman–Crippen MR) is 117 cm³/mol. The van der Waals surface area contributed by atoms with Crippen molar-refractivity contribution in [2.24, 2.45) is 0 Å². The van der Waals surface area contributed by atoms with Gasteiger partial charge >= 0.3 is 5.97 Å². The van der Waals surface area contributed by atoms with E-state index < -0.39 is 17.9 Å². The summed E-state index contributed by atoms with van der Waals surface area (Å²) in [6.45, 7) is 0. The Morgan fingerprint density at radius 3 is 2.48 bits per heavy atom. The van der Waals surface area contributed by atoms with Crippen molar-refractivity contribution in [2.75, 3.05) is 5.32 Å². The predicted octanol–water partition coefficient (Wildman–Crippen LogP) is 5.48. The summed E-state index contributed by atoms with van der Waals surface area (Å²) in [5.74, 6) is -1.23. The maximum atomic E-state index is 13.8. The van der Waals surface area contributed by atoms with Crippen LogP contribution in [0.15, 0.2) is 90.4 Å². The van der Waals surface area contributed by atoms with Gasteiger partial charge in [-0.05, 0) is 60.0 Å². The smallest absolute Gasteiger partial charge is 0.339 e. The standard InChI is InChI=1S/C24H17FN2O3S/c25-18-6-3-5-17(15-18)22(20-7-1-2-13-26-20)30-24(29)16-9-11-19(12-10-16)27-23(28)21-8-4-14-31-21/h1-15,22H,(H,27,28). The minimum absolute atomic E-state index is 0.216. The Balaban J connectivity index is 1.51. The molecule has 0 aliphatic heterocycles. The van der Waals surface area contributed by atoms with Crippen molar-refractivity contribution in [3.8, 4) is 0 Å². The van der Waals surface area contributed by atoms with Gasteiger partial charge in [-0.3, -0.25) is 9.78 Å². The molecule has 2 aromatic heterocycles. The van der Waals surface area contributed by atoms with E-state index >= 15 is 0 Å². The summed E-state index contributed by atoms with van der Waals surface area (Å²) in [7, 11) is 0. The minimum Gasteiger partial charge on any atom is -0.447 e. The second kappa shape index (κ2) is 9.32. The molecule has 1 unspecified atom stereocenters. The van der Waals surface area contributed by atoms with Crippen molar-refractivity contribution in [3.63, 3.8) is 0 Å². The molecule has 0 aliphatic carbocycles. The van der Waals surface area contributed by atoms with Crippen LogP contribution in [-0.4, -0.2) is 16.9 Å². The van der Waals surface area contributed by atoms with Crippen LogP contribution in [0, 0.1) is 5.82 Å². The minimum atomic E-state index is -0.859. The lowest BCUT2D eigenvalue weighted by Crippen LogP contribution is -2.15. The molecule has 154 valence electrons. The summed E-state index contributed by atoms with van der Waals surface area (Å²) in [6, 6.07) is 21.0. The van der Waals surface area contributed by atoms with Crippen LogP contribution in [-0.2, 0) is 4.74 Å². The number of pyridine rings is 1. The van der Waals surface area contributed by atoms with E-state index in [1.54, 1.807) is 72.9 Å². The lowest BCUT2D eigenvalue weighted by Gasteiger charge is -2.18. The molecule has 0 spiro atoms. The van der Waals surface area contributed by atoms with Gasteiger partial charge in [0.15, 0.2) is 6.10 Å². The van der Waals surface area contributed by atoms with E-state index in [0.717, 1.165) is 0 Å². The van der Waals surface area contributed by atoms with Gasteiger partial charge in [0.2, 0.25) is 0 Å². The van der Waals surface area contributed by atoms with Crippen molar-refractivity contribution in [1.82, 2.24) is 4.98 Å². The zero-order chi connectivity index (χ0) is 21.6. The van der Waals surface area contributed by atoms with Crippen molar-refractivity contribution >= 4 is 28.9 Å². The van der Waals surface area contributed by atoms with Crippen molar-refractivity contribution in [2.45, 2.75) is 6.10 Å². The Morgan fingerprint density at radius 1 is 0.968 bits per heavy atom. The van der Waals surface area contributed by atoms with Crippen LogP contribution in [0.1, 0.15) is 37.4 Å². The van der Waals surface area contributed by atoms with Crippen molar-refractivity contribution in [1.29, 1.82) is 0 Å². The fraction of sp³-hybridized carbons (Fsp3) is 0.0417. The SMILES string of the molecule is O=C(OC(c1cccc(F)c1)c1ccccn1)c1ccc(NC(=O)c2cccs2)cc1. The number of halogens is 1. The third-order valence-electron chi connectivity index (χ3n) is 4.46. The van der Waals surface area contributed by atoms with Gasteiger partial charge < -0.3 is 10.1 Å². The molecule has 31 heavy (non-hydrogen) atoms. The maximum absolute atomic E-state index is 13.8. The fourth-order valence-corrected chi connectivity index (χ4v) is 3.58. The van der Waals surface area contributed by atoms with Crippen LogP contribution >= 0.6 is 11.3 Å². The molecule has 4 aromatic rings. The topological polar surface area (TPSA) is 68.3 Å². The second-order valence-corrected chi connectivity index (χ2v) is 7.55. The summed E-state index contributed by atoms with van der Waals surface area (Å²) in [5, 5.41) is 4.60. The first-order chi connectivity index (χ1) is 15.1. The number of thiophene rings is 1. The molecule has 0 bridgehead atoms. The van der Waals surface area contributed by atoms with Gasteiger partial charge in [0.25, 0.3) is 5.91 Å². The van der Waals surface area contributed by atoms with Gasteiger partial charge in [-0.15, -0.1) is 11.3 Å². The molecule has 0 radical (unpaired) electrons. The number of nitrogens with one attached hydrogen (secondary N) is 1. The lowest BCUT2D eigenvalue weighted by atomic mass is 10.1. The largest absolute Gasteiger partial charge is 0.447 e. The molecule has 5 nitrogen and oxygen atoms in total. The summed E-state index contributed by atoms with van der Waals surface area (Å²) in [5.41, 5.74) is 1.82. The van der Waals surface area contributed by atoms with Gasteiger partial charge in [-0.25, -0.2) is 9.18 Å². The Bertz CT molecular complexity index is 1180. The third-order valence-corrected chi connectivity index (χ3v) is 5.32. The first kappa shape index (κ1) is 20.4. The van der Waals surface area contributed by atoms with Gasteiger partial charge in [0.1, 0.15) is 5.82 Å². The number of nitrogens with zero attached hydrogens (tertiary/aromatic N) is 1. The summed E-state index contributed by atoms with van der Waals surface area (Å²) in [6.07, 6.45) is 0.725. The number of aromatic nitrogens is 1. The first-order valence-electron chi connectivity index (χ1n) is 9.42. The van der Waals surface area contributed by atoms with Gasteiger partial charge in [-0.2, -0.15) is 0 Å². The molecule has 0 saturated carbocycles. The fourth-order valence-electron chi connectivity index (χ4n) is 2.97. The van der Waals surface area contributed by atoms with Gasteiger partial charge in [0.05, 0.1) is 16.1 Å². The van der Waals surface area contributed by atoms with Crippen LogP contribution in [0.3, 0.4) is 0 Å². The molecule has 2 aromatic carbocycles. The number of benzene rings is 2. The molecule has 7 heteroatoms. The number of esters is 1. The number of hydrogen-bond donors (Lipinski definition) is 1. The zero-order valence-electron chi connectivity index (χ0n) is 16.2. The molecule has 2 heterocycles. The molecule has 0 fully saturated rings. The van der Waals surface area contributed by atoms with E-state index in [-0.39, 0.29) is 5.91 Å². The Morgan fingerprint density at radius 2 is 1.81 bits per heavy atom. The number of carbonyl (C=O) groups excluding carboxylic acids is 2. The molecule has 1 amide bonds. The van der Waals surface area contributed by atoms with E-state index in [1.165, 1.54) is 23.5 Å². The second-order valence-electron chi connectivity index (χ2n) is 6.60. The number of hydrogen-bond acceptors (Lipinski definition) is 5. The van der Waals surface area contributed by atoms with E-state index in [4.69, 9.17) is 4.74 Å². The highest BCUT2D eigenvalue weighted by Crippen LogP contribution is 2.26. The molecule has 0 aliphatic rings. The average Bonchev–Trinajstić information content (AvgIpc) is 3.34. The highest BCUT2D eigenvalue weighted by atomic mass is 32.1. The Hall–Kier alpha value is -3.84. The van der Waals surface area contributed by atoms with Gasteiger partial charge in [-0.1, -0.05) is 24.3 Å². The molecule has 1 atom stereocenters. The van der Waals surface area contributed by atoms with Crippen LogP contribution in [0.5, 0.6) is 0 Å². The molecular formula is C24H17FN2O3S. The number of ether oxygens (including phenoxy) is 1. The first-order valence-corrected chi connectivity index (χ1v) is 10.3. The molecule has 0 saturated heterocycles. The Kier molecular flexibility index (Phi) is 6.14. The van der Waals surface area contributed by atoms with Crippen molar-refractivity contribution in [3.05, 3.63) is 118 Å². The third kappa shape index (κ3) is 5.02. The summed E-state index contributed by atoms with van der Waals surface area (Å²) in [4.78, 5) is 29.8. The van der Waals surface area contributed by atoms with Gasteiger partial charge in [0, 0.05) is 17.4 Å². The summed E-state index contributed by atoms with van der Waals surface area (Å²) < 4.78 is 19.4. The number of amides is 1. The van der Waals surface area contributed by atoms with E-state index in [2.05, 4.69) is 10.3 Å². The Labute approximate surface area is 182 Å². The van der Waals surface area contributed by atoms with Crippen LogP contribution in [0.2, 0.25) is 0 Å². The highest BCUT2D eigenvalue weighted by molar-refractivity contribution is 7.12. The zero-order valence-corrected chi connectivity index (χ0v) is 17.0. The van der Waals surface area contributed by atoms with E-state index in [1.807, 2.05) is 5.38 Å². The monoisotopic (exact) mass is 432 g/mol. The number of anilines is 1. The maximum Gasteiger partial charge on any atom is 0.339 e. The highest BCUT2D eigenvalue weighted by Gasteiger charge is 2.22. The average molecular weight is 432 g/mol. The quantitative estimate of drug-likeness (QED) is 0.410. The van der Waals surface area contributed by atoms with E-state index in [0.29, 0.717) is 27.4 Å². The van der Waals surface area contributed by atoms with Crippen LogP contribution in [0.25, 0.3) is 0 Å². The molecule has 4 rings (SSSR count). The van der Waals surface area contributed by atoms with E-state index in [9.17, 15) is 14.0 Å². The number of carbonyl (C=O) groups is 2. The number of rotatable bonds is 6. The van der Waals surface area contributed by atoms with Crippen LogP contribution < -0.4 is 5.32 Å². The summed E-state index contributed by atoms with van der Waals surface area (Å²) >= 11 is 1.34. The lowest BCUT2D eigenvalue weighted by molar-refractivity contribution is 0.0370.